The first-order valence-corrected chi connectivity index (χ1v) is 11.5. The van der Waals surface area contributed by atoms with Gasteiger partial charge in [-0.05, 0) is 52.0 Å². The molecule has 0 bridgehead atoms. The number of carbonyl (C=O) groups is 1. The number of pyridine rings is 1. The second kappa shape index (κ2) is 11.1. The van der Waals surface area contributed by atoms with Crippen LogP contribution in [0.3, 0.4) is 0 Å². The van der Waals surface area contributed by atoms with Gasteiger partial charge in [0.25, 0.3) is 5.91 Å². The Hall–Kier alpha value is -2.97. The lowest BCUT2D eigenvalue weighted by atomic mass is 10.2. The summed E-state index contributed by atoms with van der Waals surface area (Å²) in [4.78, 5) is 23.5. The van der Waals surface area contributed by atoms with E-state index in [4.69, 9.17) is 9.47 Å². The van der Waals surface area contributed by atoms with Crippen LogP contribution in [-0.2, 0) is 0 Å². The number of anilines is 1. The average Bonchev–Trinajstić information content (AvgIpc) is 3.27. The maximum atomic E-state index is 12.7. The third kappa shape index (κ3) is 6.05. The van der Waals surface area contributed by atoms with Crippen LogP contribution in [0.4, 0.5) is 5.69 Å². The van der Waals surface area contributed by atoms with E-state index in [2.05, 4.69) is 47.9 Å². The number of ether oxygens (including phenoxy) is 2. The second-order valence-corrected chi connectivity index (χ2v) is 8.73. The molecule has 0 unspecified atom stereocenters. The van der Waals surface area contributed by atoms with Crippen LogP contribution in [0, 0.1) is 0 Å². The van der Waals surface area contributed by atoms with Crippen molar-refractivity contribution >= 4 is 22.9 Å². The van der Waals surface area contributed by atoms with E-state index in [9.17, 15) is 4.79 Å². The summed E-state index contributed by atoms with van der Waals surface area (Å²) in [6.45, 7) is 10.0. The zero-order valence-corrected chi connectivity index (χ0v) is 20.0. The molecule has 2 heterocycles. The zero-order chi connectivity index (χ0) is 23.1. The van der Waals surface area contributed by atoms with Crippen molar-refractivity contribution in [3.63, 3.8) is 0 Å². The fourth-order valence-corrected chi connectivity index (χ4v) is 4.25. The molecule has 0 spiro atoms. The molecule has 0 aliphatic heterocycles. The van der Waals surface area contributed by atoms with Crippen molar-refractivity contribution in [3.05, 3.63) is 53.8 Å². The number of aromatic nitrogens is 2. The lowest BCUT2D eigenvalue weighted by molar-refractivity contribution is 0.102. The molecule has 32 heavy (non-hydrogen) atoms. The number of nitrogens with one attached hydrogen (secondary N) is 1. The van der Waals surface area contributed by atoms with E-state index in [-0.39, 0.29) is 5.91 Å². The van der Waals surface area contributed by atoms with Gasteiger partial charge in [0, 0.05) is 53.7 Å². The standard InChI is InChI=1S/C24H30N4O3S/c1-16(2)28(17(3)4)12-13-31-22-14-19(6-7-21(22)30-5)26-23(29)20-15-32-24(27-20)18-8-10-25-11-9-18/h6-11,14-17H,12-13H2,1-5H3,(H,26,29). The quantitative estimate of drug-likeness (QED) is 0.466. The highest BCUT2D eigenvalue weighted by molar-refractivity contribution is 7.13. The van der Waals surface area contributed by atoms with Gasteiger partial charge in [-0.25, -0.2) is 4.98 Å². The number of thiazole rings is 1. The molecule has 2 aromatic heterocycles. The molecular formula is C24H30N4O3S. The number of carbonyl (C=O) groups excluding carboxylic acids is 1. The van der Waals surface area contributed by atoms with E-state index in [1.807, 2.05) is 12.1 Å². The molecule has 0 radical (unpaired) electrons. The van der Waals surface area contributed by atoms with Gasteiger partial charge < -0.3 is 14.8 Å². The van der Waals surface area contributed by atoms with Crippen molar-refractivity contribution in [2.24, 2.45) is 0 Å². The van der Waals surface area contributed by atoms with Crippen LogP contribution in [0.2, 0.25) is 0 Å². The number of hydrogen-bond acceptors (Lipinski definition) is 7. The van der Waals surface area contributed by atoms with Crippen molar-refractivity contribution in [2.45, 2.75) is 39.8 Å². The molecule has 0 aliphatic rings. The summed E-state index contributed by atoms with van der Waals surface area (Å²) in [5, 5.41) is 5.42. The monoisotopic (exact) mass is 454 g/mol. The molecule has 1 amide bonds. The Bertz CT molecular complexity index is 1010. The summed E-state index contributed by atoms with van der Waals surface area (Å²) >= 11 is 1.42. The summed E-state index contributed by atoms with van der Waals surface area (Å²) in [7, 11) is 1.60. The van der Waals surface area contributed by atoms with E-state index in [1.165, 1.54) is 11.3 Å². The SMILES string of the molecule is COc1ccc(NC(=O)c2csc(-c3ccncc3)n2)cc1OCCN(C(C)C)C(C)C. The molecular weight excluding hydrogens is 424 g/mol. The molecule has 0 atom stereocenters. The van der Waals surface area contributed by atoms with Gasteiger partial charge in [0.1, 0.15) is 17.3 Å². The predicted octanol–water partition coefficient (Wildman–Crippen LogP) is 4.96. The Morgan fingerprint density at radius 1 is 1.09 bits per heavy atom. The predicted molar refractivity (Wildman–Crippen MR) is 129 cm³/mol. The Labute approximate surface area is 193 Å². The molecule has 1 aromatic carbocycles. The van der Waals surface area contributed by atoms with Crippen LogP contribution < -0.4 is 14.8 Å². The van der Waals surface area contributed by atoms with Crippen LogP contribution in [0.1, 0.15) is 38.2 Å². The lowest BCUT2D eigenvalue weighted by Crippen LogP contribution is -2.39. The molecule has 7 nitrogen and oxygen atoms in total. The average molecular weight is 455 g/mol. The van der Waals surface area contributed by atoms with E-state index < -0.39 is 0 Å². The summed E-state index contributed by atoms with van der Waals surface area (Å²) in [6.07, 6.45) is 3.41. The number of amides is 1. The highest BCUT2D eigenvalue weighted by atomic mass is 32.1. The minimum absolute atomic E-state index is 0.275. The maximum absolute atomic E-state index is 12.7. The first-order valence-electron chi connectivity index (χ1n) is 10.6. The fraction of sp³-hybridized carbons (Fsp3) is 0.375. The van der Waals surface area contributed by atoms with Crippen molar-refractivity contribution in [2.75, 3.05) is 25.6 Å². The highest BCUT2D eigenvalue weighted by Gasteiger charge is 2.16. The first-order chi connectivity index (χ1) is 15.4. The third-order valence-corrected chi connectivity index (χ3v) is 5.91. The van der Waals surface area contributed by atoms with E-state index in [1.54, 1.807) is 43.1 Å². The molecule has 1 N–H and O–H groups in total. The van der Waals surface area contributed by atoms with E-state index in [0.29, 0.717) is 41.6 Å². The van der Waals surface area contributed by atoms with Crippen molar-refractivity contribution in [1.29, 1.82) is 0 Å². The summed E-state index contributed by atoms with van der Waals surface area (Å²) in [5.74, 6) is 0.939. The van der Waals surface area contributed by atoms with Gasteiger partial charge in [-0.1, -0.05) is 0 Å². The van der Waals surface area contributed by atoms with Gasteiger partial charge in [-0.2, -0.15) is 0 Å². The number of nitrogens with zero attached hydrogens (tertiary/aromatic N) is 3. The number of rotatable bonds is 10. The smallest absolute Gasteiger partial charge is 0.275 e. The Kier molecular flexibility index (Phi) is 8.19. The molecule has 170 valence electrons. The van der Waals surface area contributed by atoms with Gasteiger partial charge in [0.2, 0.25) is 0 Å². The van der Waals surface area contributed by atoms with Crippen LogP contribution in [0.25, 0.3) is 10.6 Å². The molecule has 3 aromatic rings. The molecule has 8 heteroatoms. The number of hydrogen-bond donors (Lipinski definition) is 1. The highest BCUT2D eigenvalue weighted by Crippen LogP contribution is 2.31. The molecule has 0 saturated heterocycles. The first kappa shape index (κ1) is 23.7. The van der Waals surface area contributed by atoms with E-state index in [0.717, 1.165) is 17.1 Å². The molecule has 0 fully saturated rings. The van der Waals surface area contributed by atoms with Crippen molar-refractivity contribution in [1.82, 2.24) is 14.9 Å². The van der Waals surface area contributed by atoms with Gasteiger partial charge >= 0.3 is 0 Å². The van der Waals surface area contributed by atoms with Crippen LogP contribution in [0.15, 0.2) is 48.1 Å². The van der Waals surface area contributed by atoms with Crippen molar-refractivity contribution in [3.8, 4) is 22.1 Å². The Morgan fingerprint density at radius 3 is 2.47 bits per heavy atom. The summed E-state index contributed by atoms with van der Waals surface area (Å²) in [5.41, 5.74) is 1.92. The number of benzene rings is 1. The van der Waals surface area contributed by atoms with Gasteiger partial charge in [0.05, 0.1) is 7.11 Å². The Morgan fingerprint density at radius 2 is 1.81 bits per heavy atom. The van der Waals surface area contributed by atoms with Crippen LogP contribution in [0.5, 0.6) is 11.5 Å². The van der Waals surface area contributed by atoms with Gasteiger partial charge in [-0.15, -0.1) is 11.3 Å². The van der Waals surface area contributed by atoms with Gasteiger partial charge in [0.15, 0.2) is 11.5 Å². The van der Waals surface area contributed by atoms with Crippen LogP contribution >= 0.6 is 11.3 Å². The topological polar surface area (TPSA) is 76.6 Å². The number of methoxy groups -OCH3 is 1. The Balaban J connectivity index is 1.67. The maximum Gasteiger partial charge on any atom is 0.275 e. The fourth-order valence-electron chi connectivity index (χ4n) is 3.44. The van der Waals surface area contributed by atoms with Gasteiger partial charge in [-0.3, -0.25) is 14.7 Å². The minimum atomic E-state index is -0.275. The molecule has 0 saturated carbocycles. The zero-order valence-electron chi connectivity index (χ0n) is 19.2. The lowest BCUT2D eigenvalue weighted by Gasteiger charge is -2.30. The van der Waals surface area contributed by atoms with Crippen molar-refractivity contribution < 1.29 is 14.3 Å². The third-order valence-electron chi connectivity index (χ3n) is 5.02. The largest absolute Gasteiger partial charge is 0.493 e. The summed E-state index contributed by atoms with van der Waals surface area (Å²) in [6, 6.07) is 9.95. The molecule has 0 aliphatic carbocycles. The minimum Gasteiger partial charge on any atom is -0.493 e. The second-order valence-electron chi connectivity index (χ2n) is 7.87. The molecule has 3 rings (SSSR count). The van der Waals surface area contributed by atoms with E-state index >= 15 is 0 Å². The van der Waals surface area contributed by atoms with Crippen LogP contribution in [-0.4, -0.2) is 53.1 Å². The normalized spacial score (nSPS) is 11.2. The summed E-state index contributed by atoms with van der Waals surface area (Å²) < 4.78 is 11.4.